The molecule has 0 radical (unpaired) electrons. The lowest BCUT2D eigenvalue weighted by molar-refractivity contribution is -0.129. The fourth-order valence-electron chi connectivity index (χ4n) is 6.97. The second-order valence-electron chi connectivity index (χ2n) is 15.6. The van der Waals surface area contributed by atoms with Crippen molar-refractivity contribution in [2.24, 2.45) is 11.5 Å². The normalized spacial score (nSPS) is 13.0. The van der Waals surface area contributed by atoms with Gasteiger partial charge in [0.25, 0.3) is 0 Å². The molecule has 0 aliphatic heterocycles. The van der Waals surface area contributed by atoms with E-state index in [9.17, 15) is 29.4 Å². The Labute approximate surface area is 354 Å². The molecule has 0 saturated carbocycles. The molecule has 0 aliphatic carbocycles. The number of phenolic OH excluding ortho intramolecular Hbond substituents is 2. The van der Waals surface area contributed by atoms with E-state index in [0.29, 0.717) is 25.9 Å². The fourth-order valence-corrected chi connectivity index (χ4v) is 6.97. The van der Waals surface area contributed by atoms with E-state index in [4.69, 9.17) is 11.5 Å². The number of nitrogens with one attached hydrogen (secondary N) is 4. The van der Waals surface area contributed by atoms with Crippen LogP contribution >= 0.6 is 0 Å². The van der Waals surface area contributed by atoms with Crippen molar-refractivity contribution in [3.05, 3.63) is 131 Å². The number of rotatable bonds is 27. The lowest BCUT2D eigenvalue weighted by Crippen LogP contribution is -2.53. The van der Waals surface area contributed by atoms with E-state index >= 15 is 0 Å². The van der Waals surface area contributed by atoms with Crippen LogP contribution in [0.25, 0.3) is 0 Å². The summed E-state index contributed by atoms with van der Waals surface area (Å²) in [4.78, 5) is 52.4. The summed E-state index contributed by atoms with van der Waals surface area (Å²) in [6.07, 6.45) is 11.7. The highest BCUT2D eigenvalue weighted by Crippen LogP contribution is 2.14. The SMILES string of the molecule is N[C@@H](Cc1ccc(O)cc1)C(=O)N[C@H](Cc1ccccc1)C(=O)NCCCCCCCCCCCCNC(=O)[C@@H](Cc1ccccc1)NC(=O)[C@@H](N)Cc1ccc(O)cc1. The molecule has 322 valence electrons. The van der Waals surface area contributed by atoms with Gasteiger partial charge in [-0.1, -0.05) is 136 Å². The van der Waals surface area contributed by atoms with Crippen LogP contribution in [0, 0.1) is 0 Å². The molecule has 0 saturated heterocycles. The largest absolute Gasteiger partial charge is 0.508 e. The predicted molar refractivity (Wildman–Crippen MR) is 236 cm³/mol. The van der Waals surface area contributed by atoms with Crippen molar-refractivity contribution in [2.45, 2.75) is 114 Å². The van der Waals surface area contributed by atoms with Crippen LogP contribution in [0.3, 0.4) is 0 Å². The third-order valence-corrected chi connectivity index (χ3v) is 10.5. The molecule has 0 unspecified atom stereocenters. The first kappa shape index (κ1) is 47.0. The van der Waals surface area contributed by atoms with E-state index in [1.54, 1.807) is 48.5 Å². The van der Waals surface area contributed by atoms with Gasteiger partial charge in [0.1, 0.15) is 23.6 Å². The maximum atomic E-state index is 13.2. The molecule has 4 rings (SSSR count). The van der Waals surface area contributed by atoms with Gasteiger partial charge >= 0.3 is 0 Å². The third kappa shape index (κ3) is 18.0. The van der Waals surface area contributed by atoms with Crippen LogP contribution in [-0.2, 0) is 44.9 Å². The van der Waals surface area contributed by atoms with Gasteiger partial charge < -0.3 is 42.9 Å². The molecule has 4 atom stereocenters. The van der Waals surface area contributed by atoms with Crippen molar-refractivity contribution >= 4 is 23.6 Å². The molecule has 0 spiro atoms. The molecule has 4 aromatic rings. The first-order valence-corrected chi connectivity index (χ1v) is 21.4. The summed E-state index contributed by atoms with van der Waals surface area (Å²) in [5.41, 5.74) is 15.9. The van der Waals surface area contributed by atoms with Crippen molar-refractivity contribution in [1.82, 2.24) is 21.3 Å². The molecular formula is C48H64N6O6. The zero-order valence-electron chi connectivity index (χ0n) is 34.7. The summed E-state index contributed by atoms with van der Waals surface area (Å²) in [5, 5.41) is 30.8. The predicted octanol–water partition coefficient (Wildman–Crippen LogP) is 5.13. The second kappa shape index (κ2) is 26.4. The van der Waals surface area contributed by atoms with E-state index in [2.05, 4.69) is 21.3 Å². The first-order valence-electron chi connectivity index (χ1n) is 21.4. The first-order chi connectivity index (χ1) is 29.1. The highest BCUT2D eigenvalue weighted by atomic mass is 16.3. The Morgan fingerprint density at radius 3 is 1.03 bits per heavy atom. The average Bonchev–Trinajstić information content (AvgIpc) is 3.25. The number of carbonyl (C=O) groups is 4. The Kier molecular flexibility index (Phi) is 20.7. The zero-order chi connectivity index (χ0) is 43.0. The molecule has 0 heterocycles. The number of amides is 4. The number of hydrogen-bond donors (Lipinski definition) is 8. The Balaban J connectivity index is 1.06. The van der Waals surface area contributed by atoms with Crippen LogP contribution in [0.15, 0.2) is 109 Å². The van der Waals surface area contributed by atoms with Gasteiger partial charge in [-0.25, -0.2) is 0 Å². The molecule has 60 heavy (non-hydrogen) atoms. The van der Waals surface area contributed by atoms with Crippen molar-refractivity contribution < 1.29 is 29.4 Å². The smallest absolute Gasteiger partial charge is 0.242 e. The number of carbonyl (C=O) groups excluding carboxylic acids is 4. The maximum Gasteiger partial charge on any atom is 0.242 e. The number of hydrogen-bond acceptors (Lipinski definition) is 8. The van der Waals surface area contributed by atoms with Gasteiger partial charge in [0.15, 0.2) is 0 Å². The highest BCUT2D eigenvalue weighted by Gasteiger charge is 2.25. The van der Waals surface area contributed by atoms with Crippen LogP contribution in [-0.4, -0.2) is 71.1 Å². The molecule has 4 aromatic carbocycles. The Morgan fingerprint density at radius 2 is 0.700 bits per heavy atom. The second-order valence-corrected chi connectivity index (χ2v) is 15.6. The third-order valence-electron chi connectivity index (χ3n) is 10.5. The fraction of sp³-hybridized carbons (Fsp3) is 0.417. The van der Waals surface area contributed by atoms with Crippen molar-refractivity contribution in [3.8, 4) is 11.5 Å². The van der Waals surface area contributed by atoms with Crippen molar-refractivity contribution in [2.75, 3.05) is 13.1 Å². The van der Waals surface area contributed by atoms with Crippen LogP contribution in [0.4, 0.5) is 0 Å². The van der Waals surface area contributed by atoms with E-state index < -0.39 is 36.0 Å². The van der Waals surface area contributed by atoms with Crippen LogP contribution in [0.1, 0.15) is 86.5 Å². The number of nitrogens with two attached hydrogens (primary N) is 2. The number of benzene rings is 4. The van der Waals surface area contributed by atoms with Crippen LogP contribution in [0.5, 0.6) is 11.5 Å². The molecule has 0 aliphatic rings. The van der Waals surface area contributed by atoms with E-state index in [0.717, 1.165) is 86.5 Å². The van der Waals surface area contributed by atoms with Gasteiger partial charge in [0, 0.05) is 25.9 Å². The summed E-state index contributed by atoms with van der Waals surface area (Å²) in [6, 6.07) is 29.1. The minimum absolute atomic E-state index is 0.142. The quantitative estimate of drug-likeness (QED) is 0.0378. The Hall–Kier alpha value is -5.72. The molecule has 0 bridgehead atoms. The minimum atomic E-state index is -0.838. The summed E-state index contributed by atoms with van der Waals surface area (Å²) in [7, 11) is 0. The summed E-state index contributed by atoms with van der Waals surface area (Å²) in [6.45, 7) is 1.06. The highest BCUT2D eigenvalue weighted by molar-refractivity contribution is 5.90. The lowest BCUT2D eigenvalue weighted by Gasteiger charge is -2.21. The van der Waals surface area contributed by atoms with Gasteiger partial charge in [0.05, 0.1) is 12.1 Å². The van der Waals surface area contributed by atoms with E-state index in [1.165, 1.54) is 0 Å². The van der Waals surface area contributed by atoms with Gasteiger partial charge in [-0.15, -0.1) is 0 Å². The van der Waals surface area contributed by atoms with Gasteiger partial charge in [-0.05, 0) is 72.2 Å². The van der Waals surface area contributed by atoms with Crippen LogP contribution in [0.2, 0.25) is 0 Å². The zero-order valence-corrected chi connectivity index (χ0v) is 34.7. The Bertz CT molecular complexity index is 1720. The summed E-state index contributed by atoms with van der Waals surface area (Å²) < 4.78 is 0. The molecule has 10 N–H and O–H groups in total. The van der Waals surface area contributed by atoms with Crippen molar-refractivity contribution in [1.29, 1.82) is 0 Å². The van der Waals surface area contributed by atoms with Crippen molar-refractivity contribution in [3.63, 3.8) is 0 Å². The van der Waals surface area contributed by atoms with E-state index in [1.807, 2.05) is 60.7 Å². The standard InChI is InChI=1S/C48H64N6O6/c49-41(31-37-21-25-39(55)26-22-37)45(57)53-43(33-35-17-11-9-12-18-35)47(59)51-29-15-7-5-3-1-2-4-6-8-16-30-52-48(60)44(34-36-19-13-10-14-20-36)54-46(58)42(50)32-38-23-27-40(56)28-24-38/h9-14,17-28,41-44,55-56H,1-8,15-16,29-34,49-50H2,(H,51,59)(H,52,60)(H,53,57)(H,54,58)/t41-,42-,43+,44+/m0/s1. The minimum Gasteiger partial charge on any atom is -0.508 e. The van der Waals surface area contributed by atoms with Crippen LogP contribution < -0.4 is 32.7 Å². The van der Waals surface area contributed by atoms with Gasteiger partial charge in [-0.3, -0.25) is 19.2 Å². The molecule has 0 fully saturated rings. The maximum absolute atomic E-state index is 13.2. The van der Waals surface area contributed by atoms with Gasteiger partial charge in [0.2, 0.25) is 23.6 Å². The molecule has 12 nitrogen and oxygen atoms in total. The summed E-state index contributed by atoms with van der Waals surface area (Å²) in [5.74, 6) is -0.981. The topological polar surface area (TPSA) is 209 Å². The average molecular weight is 821 g/mol. The molecule has 4 amide bonds. The van der Waals surface area contributed by atoms with E-state index in [-0.39, 0.29) is 36.2 Å². The summed E-state index contributed by atoms with van der Waals surface area (Å²) >= 11 is 0. The Morgan fingerprint density at radius 1 is 0.400 bits per heavy atom. The lowest BCUT2D eigenvalue weighted by atomic mass is 10.0. The number of aromatic hydroxyl groups is 2. The molecule has 12 heteroatoms. The monoisotopic (exact) mass is 820 g/mol. The number of unbranched alkanes of at least 4 members (excludes halogenated alkanes) is 9. The molecule has 0 aromatic heterocycles. The molecular weight excluding hydrogens is 757 g/mol. The van der Waals surface area contributed by atoms with Gasteiger partial charge in [-0.2, -0.15) is 0 Å². The number of phenols is 2.